The molecule has 2 rings (SSSR count). The van der Waals surface area contributed by atoms with E-state index in [1.54, 1.807) is 0 Å². The molecule has 1 saturated heterocycles. The molecular formula is C15H27NO2. The second-order valence-corrected chi connectivity index (χ2v) is 7.70. The third-order valence-corrected chi connectivity index (χ3v) is 4.10. The Kier molecular flexibility index (Phi) is 3.48. The van der Waals surface area contributed by atoms with Gasteiger partial charge in [0.1, 0.15) is 5.60 Å². The van der Waals surface area contributed by atoms with Gasteiger partial charge in [0.25, 0.3) is 0 Å². The summed E-state index contributed by atoms with van der Waals surface area (Å²) in [5, 5.41) is 10.2. The molecule has 3 nitrogen and oxygen atoms in total. The zero-order valence-corrected chi connectivity index (χ0v) is 12.2. The Bertz CT molecular complexity index is 322. The van der Waals surface area contributed by atoms with Gasteiger partial charge in [0.05, 0.1) is 13.1 Å². The first-order valence-corrected chi connectivity index (χ1v) is 7.20. The van der Waals surface area contributed by atoms with Crippen molar-refractivity contribution in [3.8, 4) is 0 Å². The van der Waals surface area contributed by atoms with Crippen LogP contribution in [0.5, 0.6) is 0 Å². The largest absolute Gasteiger partial charge is 0.386 e. The summed E-state index contributed by atoms with van der Waals surface area (Å²) < 4.78 is 0. The van der Waals surface area contributed by atoms with Crippen LogP contribution in [0.2, 0.25) is 0 Å². The Hall–Kier alpha value is -0.570. The third kappa shape index (κ3) is 3.25. The minimum absolute atomic E-state index is 0.220. The van der Waals surface area contributed by atoms with Gasteiger partial charge in [-0.1, -0.05) is 27.7 Å². The van der Waals surface area contributed by atoms with Crippen LogP contribution >= 0.6 is 0 Å². The Morgan fingerprint density at radius 1 is 1.39 bits per heavy atom. The number of hydrogen-bond donors (Lipinski definition) is 1. The fourth-order valence-electron chi connectivity index (χ4n) is 3.21. The van der Waals surface area contributed by atoms with Crippen molar-refractivity contribution in [2.75, 3.05) is 13.1 Å². The fourth-order valence-corrected chi connectivity index (χ4v) is 3.21. The number of β-amino-alcohol motifs (C(OH)–C–C–N with tert-alkyl or cyclic N) is 1. The summed E-state index contributed by atoms with van der Waals surface area (Å²) in [6, 6.07) is 0. The number of likely N-dealkylation sites (tertiary alicyclic amines) is 1. The maximum atomic E-state index is 12.1. The van der Waals surface area contributed by atoms with Crippen LogP contribution < -0.4 is 0 Å². The van der Waals surface area contributed by atoms with Gasteiger partial charge < -0.3 is 10.0 Å². The molecule has 0 radical (unpaired) electrons. The highest BCUT2D eigenvalue weighted by atomic mass is 16.3. The van der Waals surface area contributed by atoms with Crippen molar-refractivity contribution in [3.05, 3.63) is 0 Å². The molecule has 0 aromatic heterocycles. The van der Waals surface area contributed by atoms with E-state index in [9.17, 15) is 9.90 Å². The zero-order valence-electron chi connectivity index (χ0n) is 12.2. The third-order valence-electron chi connectivity index (χ3n) is 4.10. The topological polar surface area (TPSA) is 40.5 Å². The lowest BCUT2D eigenvalue weighted by Gasteiger charge is -2.47. The Morgan fingerprint density at radius 3 is 2.39 bits per heavy atom. The lowest BCUT2D eigenvalue weighted by molar-refractivity contribution is -0.160. The Morgan fingerprint density at radius 2 is 1.94 bits per heavy atom. The lowest BCUT2D eigenvalue weighted by atomic mass is 9.83. The second-order valence-electron chi connectivity index (χ2n) is 7.70. The van der Waals surface area contributed by atoms with E-state index in [-0.39, 0.29) is 11.3 Å². The van der Waals surface area contributed by atoms with Gasteiger partial charge in [0, 0.05) is 6.42 Å². The highest BCUT2D eigenvalue weighted by Gasteiger charge is 2.53. The van der Waals surface area contributed by atoms with Crippen LogP contribution in [0.25, 0.3) is 0 Å². The normalized spacial score (nSPS) is 24.6. The molecule has 1 amide bonds. The van der Waals surface area contributed by atoms with Crippen LogP contribution in [0.1, 0.15) is 53.4 Å². The summed E-state index contributed by atoms with van der Waals surface area (Å²) in [6.45, 7) is 9.92. The molecule has 0 aromatic rings. The van der Waals surface area contributed by atoms with Gasteiger partial charge in [-0.25, -0.2) is 0 Å². The van der Waals surface area contributed by atoms with E-state index in [0.717, 1.165) is 19.3 Å². The van der Waals surface area contributed by atoms with Gasteiger partial charge in [-0.3, -0.25) is 4.79 Å². The predicted octanol–water partition coefficient (Wildman–Crippen LogP) is 2.43. The molecular weight excluding hydrogens is 226 g/mol. The molecule has 2 aliphatic rings. The average molecular weight is 253 g/mol. The number of aliphatic hydroxyl groups is 1. The van der Waals surface area contributed by atoms with Crippen molar-refractivity contribution in [1.82, 2.24) is 4.90 Å². The van der Waals surface area contributed by atoms with Gasteiger partial charge >= 0.3 is 0 Å². The van der Waals surface area contributed by atoms with Crippen molar-refractivity contribution in [2.24, 2.45) is 17.3 Å². The molecule has 2 fully saturated rings. The van der Waals surface area contributed by atoms with Crippen molar-refractivity contribution >= 4 is 5.91 Å². The first-order chi connectivity index (χ1) is 8.20. The van der Waals surface area contributed by atoms with E-state index in [0.29, 0.717) is 31.3 Å². The van der Waals surface area contributed by atoms with Gasteiger partial charge in [-0.05, 0) is 36.5 Å². The van der Waals surface area contributed by atoms with Gasteiger partial charge in [0.2, 0.25) is 5.91 Å². The zero-order chi connectivity index (χ0) is 13.6. The number of carbonyl (C=O) groups is 1. The molecule has 18 heavy (non-hydrogen) atoms. The highest BCUT2D eigenvalue weighted by molar-refractivity contribution is 5.77. The lowest BCUT2D eigenvalue weighted by Crippen LogP contribution is -2.64. The molecule has 1 saturated carbocycles. The van der Waals surface area contributed by atoms with E-state index in [1.807, 2.05) is 4.90 Å². The number of amides is 1. The summed E-state index contributed by atoms with van der Waals surface area (Å²) in [7, 11) is 0. The molecule has 0 aromatic carbocycles. The number of hydrogen-bond acceptors (Lipinski definition) is 2. The first-order valence-electron chi connectivity index (χ1n) is 7.20. The van der Waals surface area contributed by atoms with Crippen LogP contribution in [-0.2, 0) is 4.79 Å². The maximum Gasteiger partial charge on any atom is 0.223 e. The molecule has 1 aliphatic carbocycles. The molecule has 1 heterocycles. The number of carbonyl (C=O) groups excluding carboxylic acids is 1. The molecule has 3 heteroatoms. The number of nitrogens with zero attached hydrogens (tertiary/aromatic N) is 1. The monoisotopic (exact) mass is 253 g/mol. The van der Waals surface area contributed by atoms with E-state index < -0.39 is 5.60 Å². The van der Waals surface area contributed by atoms with Crippen molar-refractivity contribution in [2.45, 2.75) is 59.0 Å². The molecule has 1 unspecified atom stereocenters. The molecule has 0 spiro atoms. The summed E-state index contributed by atoms with van der Waals surface area (Å²) in [6.07, 6.45) is 3.97. The van der Waals surface area contributed by atoms with Crippen molar-refractivity contribution < 1.29 is 9.90 Å². The van der Waals surface area contributed by atoms with Gasteiger partial charge in [-0.2, -0.15) is 0 Å². The van der Waals surface area contributed by atoms with Crippen molar-refractivity contribution in [1.29, 1.82) is 0 Å². The minimum Gasteiger partial charge on any atom is -0.386 e. The summed E-state index contributed by atoms with van der Waals surface area (Å²) in [5.41, 5.74) is -0.258. The Balaban J connectivity index is 1.73. The quantitative estimate of drug-likeness (QED) is 0.836. The van der Waals surface area contributed by atoms with E-state index in [2.05, 4.69) is 27.7 Å². The molecule has 104 valence electrons. The maximum absolute atomic E-state index is 12.1. The van der Waals surface area contributed by atoms with Crippen LogP contribution in [0.15, 0.2) is 0 Å². The summed E-state index contributed by atoms with van der Waals surface area (Å²) >= 11 is 0. The van der Waals surface area contributed by atoms with Crippen molar-refractivity contribution in [3.63, 3.8) is 0 Å². The molecule has 1 atom stereocenters. The van der Waals surface area contributed by atoms with Crippen LogP contribution in [-0.4, -0.2) is 34.6 Å². The van der Waals surface area contributed by atoms with E-state index in [4.69, 9.17) is 0 Å². The summed E-state index contributed by atoms with van der Waals surface area (Å²) in [4.78, 5) is 13.9. The first kappa shape index (κ1) is 13.9. The van der Waals surface area contributed by atoms with Crippen LogP contribution in [0, 0.1) is 17.3 Å². The minimum atomic E-state index is -0.539. The Labute approximate surface area is 111 Å². The predicted molar refractivity (Wildman–Crippen MR) is 72.1 cm³/mol. The smallest absolute Gasteiger partial charge is 0.223 e. The number of rotatable bonds is 4. The molecule has 0 bridgehead atoms. The highest BCUT2D eigenvalue weighted by Crippen LogP contribution is 2.44. The fraction of sp³-hybridized carbons (Fsp3) is 0.933. The second kappa shape index (κ2) is 4.52. The summed E-state index contributed by atoms with van der Waals surface area (Å²) in [5.74, 6) is 1.11. The average Bonchev–Trinajstić information content (AvgIpc) is 2.91. The van der Waals surface area contributed by atoms with Gasteiger partial charge in [0.15, 0.2) is 0 Å². The standard InChI is InChI=1S/C15H27NO2/c1-11(8-14(2,3)4)7-13(17)16-9-15(18,10-16)12-5-6-12/h11-12,18H,5-10H2,1-4H3. The van der Waals surface area contributed by atoms with E-state index >= 15 is 0 Å². The van der Waals surface area contributed by atoms with Gasteiger partial charge in [-0.15, -0.1) is 0 Å². The van der Waals surface area contributed by atoms with Crippen LogP contribution in [0.4, 0.5) is 0 Å². The molecule has 1 aliphatic heterocycles. The molecule has 1 N–H and O–H groups in total. The van der Waals surface area contributed by atoms with E-state index in [1.165, 1.54) is 0 Å². The van der Waals surface area contributed by atoms with Crippen LogP contribution in [0.3, 0.4) is 0 Å². The SMILES string of the molecule is CC(CC(=O)N1CC(O)(C2CC2)C1)CC(C)(C)C.